The van der Waals surface area contributed by atoms with Crippen molar-refractivity contribution in [2.45, 2.75) is 0 Å². The van der Waals surface area contributed by atoms with Gasteiger partial charge in [-0.3, -0.25) is 4.79 Å². The fraction of sp³-hybridized carbons (Fsp3) is 0. The van der Waals surface area contributed by atoms with Crippen LogP contribution in [0.1, 0.15) is 10.4 Å². The Balaban J connectivity index is 1.94. The zero-order valence-electron chi connectivity index (χ0n) is 10.2. The number of nitrogen functional groups attached to an aromatic ring is 1. The molecule has 0 fully saturated rings. The predicted molar refractivity (Wildman–Crippen MR) is 77.1 cm³/mol. The molecule has 19 heavy (non-hydrogen) atoms. The molecule has 4 heteroatoms. The van der Waals surface area contributed by atoms with Crippen LogP contribution in [-0.2, 0) is 0 Å². The molecule has 0 saturated carbocycles. The highest BCUT2D eigenvalue weighted by molar-refractivity contribution is 6.12. The fourth-order valence-electron chi connectivity index (χ4n) is 2.09. The number of aromatic amines is 1. The van der Waals surface area contributed by atoms with E-state index in [0.717, 1.165) is 10.9 Å². The van der Waals surface area contributed by atoms with Crippen LogP contribution in [0.25, 0.3) is 10.9 Å². The van der Waals surface area contributed by atoms with E-state index >= 15 is 0 Å². The number of nitrogens with two attached hydrogens (primary N) is 1. The van der Waals surface area contributed by atoms with E-state index in [4.69, 9.17) is 5.73 Å². The van der Waals surface area contributed by atoms with Crippen molar-refractivity contribution in [1.29, 1.82) is 0 Å². The average Bonchev–Trinajstić information content (AvgIpc) is 2.86. The molecule has 4 nitrogen and oxygen atoms in total. The van der Waals surface area contributed by atoms with Crippen LogP contribution >= 0.6 is 0 Å². The molecule has 2 aromatic carbocycles. The highest BCUT2D eigenvalue weighted by Crippen LogP contribution is 2.19. The molecule has 94 valence electrons. The molecule has 3 rings (SSSR count). The Labute approximate surface area is 110 Å². The molecule has 0 spiro atoms. The number of anilines is 2. The van der Waals surface area contributed by atoms with Gasteiger partial charge in [0, 0.05) is 23.0 Å². The minimum atomic E-state index is -0.154. The summed E-state index contributed by atoms with van der Waals surface area (Å²) in [7, 11) is 0. The molecular weight excluding hydrogens is 238 g/mol. The van der Waals surface area contributed by atoms with Gasteiger partial charge in [-0.2, -0.15) is 0 Å². The highest BCUT2D eigenvalue weighted by atomic mass is 16.1. The second kappa shape index (κ2) is 4.49. The van der Waals surface area contributed by atoms with Gasteiger partial charge in [-0.25, -0.2) is 0 Å². The molecule has 0 aliphatic rings. The number of nitrogens with one attached hydrogen (secondary N) is 2. The Hall–Kier alpha value is -2.75. The van der Waals surface area contributed by atoms with Crippen LogP contribution in [0, 0.1) is 0 Å². The summed E-state index contributed by atoms with van der Waals surface area (Å²) in [5, 5.41) is 3.86. The molecule has 4 N–H and O–H groups in total. The number of benzene rings is 2. The Morgan fingerprint density at radius 3 is 2.79 bits per heavy atom. The molecule has 0 saturated heterocycles. The van der Waals surface area contributed by atoms with Gasteiger partial charge in [-0.1, -0.05) is 18.2 Å². The first-order valence-electron chi connectivity index (χ1n) is 5.97. The van der Waals surface area contributed by atoms with Gasteiger partial charge in [0.15, 0.2) is 0 Å². The minimum absolute atomic E-state index is 0.154. The molecule has 1 amide bonds. The van der Waals surface area contributed by atoms with Gasteiger partial charge in [-0.15, -0.1) is 0 Å². The van der Waals surface area contributed by atoms with E-state index < -0.39 is 0 Å². The SMILES string of the molecule is Nc1cccc(NC(=O)c2cccc3cc[nH]c23)c1. The highest BCUT2D eigenvalue weighted by Gasteiger charge is 2.10. The Kier molecular flexibility index (Phi) is 2.68. The van der Waals surface area contributed by atoms with Gasteiger partial charge in [0.05, 0.1) is 11.1 Å². The lowest BCUT2D eigenvalue weighted by Gasteiger charge is -2.07. The van der Waals surface area contributed by atoms with E-state index in [1.165, 1.54) is 0 Å². The van der Waals surface area contributed by atoms with Crippen LogP contribution in [0.5, 0.6) is 0 Å². The summed E-state index contributed by atoms with van der Waals surface area (Å²) >= 11 is 0. The number of carbonyl (C=O) groups excluding carboxylic acids is 1. The van der Waals surface area contributed by atoms with Crippen molar-refractivity contribution in [2.75, 3.05) is 11.1 Å². The number of amides is 1. The molecule has 0 radical (unpaired) electrons. The maximum atomic E-state index is 12.3. The topological polar surface area (TPSA) is 70.9 Å². The second-order valence-electron chi connectivity index (χ2n) is 4.33. The van der Waals surface area contributed by atoms with Crippen molar-refractivity contribution in [3.63, 3.8) is 0 Å². The second-order valence-corrected chi connectivity index (χ2v) is 4.33. The summed E-state index contributed by atoms with van der Waals surface area (Å²) in [6.45, 7) is 0. The van der Waals surface area contributed by atoms with E-state index in [-0.39, 0.29) is 5.91 Å². The summed E-state index contributed by atoms with van der Waals surface area (Å²) in [5.74, 6) is -0.154. The maximum absolute atomic E-state index is 12.3. The Bertz CT molecular complexity index is 746. The quantitative estimate of drug-likeness (QED) is 0.613. The monoisotopic (exact) mass is 251 g/mol. The van der Waals surface area contributed by atoms with Crippen LogP contribution in [-0.4, -0.2) is 10.9 Å². The lowest BCUT2D eigenvalue weighted by Crippen LogP contribution is -2.12. The lowest BCUT2D eigenvalue weighted by atomic mass is 10.1. The third kappa shape index (κ3) is 2.15. The zero-order valence-corrected chi connectivity index (χ0v) is 10.2. The Morgan fingerprint density at radius 1 is 1.11 bits per heavy atom. The molecule has 0 aliphatic heterocycles. The summed E-state index contributed by atoms with van der Waals surface area (Å²) in [5.41, 5.74) is 8.45. The van der Waals surface area contributed by atoms with Gasteiger partial charge in [0.25, 0.3) is 5.91 Å². The smallest absolute Gasteiger partial charge is 0.257 e. The number of H-pyrrole nitrogens is 1. The number of fused-ring (bicyclic) bond motifs is 1. The largest absolute Gasteiger partial charge is 0.399 e. The molecule has 0 bridgehead atoms. The van der Waals surface area contributed by atoms with Crippen molar-refractivity contribution in [1.82, 2.24) is 4.98 Å². The van der Waals surface area contributed by atoms with E-state index in [1.807, 2.05) is 30.5 Å². The van der Waals surface area contributed by atoms with Crippen LogP contribution < -0.4 is 11.1 Å². The first kappa shape index (κ1) is 11.3. The number of para-hydroxylation sites is 1. The minimum Gasteiger partial charge on any atom is -0.399 e. The third-order valence-electron chi connectivity index (χ3n) is 2.98. The third-order valence-corrected chi connectivity index (χ3v) is 2.98. The van der Waals surface area contributed by atoms with Gasteiger partial charge < -0.3 is 16.0 Å². The standard InChI is InChI=1S/C15H13N3O/c16-11-4-2-5-12(9-11)18-15(19)13-6-1-3-10-7-8-17-14(10)13/h1-9,17H,16H2,(H,18,19). The van der Waals surface area contributed by atoms with Crippen molar-refractivity contribution >= 4 is 28.2 Å². The fourth-order valence-corrected chi connectivity index (χ4v) is 2.09. The average molecular weight is 251 g/mol. The molecule has 3 aromatic rings. The van der Waals surface area contributed by atoms with Crippen LogP contribution in [0.3, 0.4) is 0 Å². The number of hydrogen-bond acceptors (Lipinski definition) is 2. The summed E-state index contributed by atoms with van der Waals surface area (Å²) < 4.78 is 0. The molecule has 1 heterocycles. The predicted octanol–water partition coefficient (Wildman–Crippen LogP) is 3.00. The number of aromatic nitrogens is 1. The van der Waals surface area contributed by atoms with E-state index in [1.54, 1.807) is 24.3 Å². The van der Waals surface area contributed by atoms with Crippen molar-refractivity contribution in [3.8, 4) is 0 Å². The number of hydrogen-bond donors (Lipinski definition) is 3. The van der Waals surface area contributed by atoms with Crippen LogP contribution in [0.4, 0.5) is 11.4 Å². The molecular formula is C15H13N3O. The van der Waals surface area contributed by atoms with E-state index in [0.29, 0.717) is 16.9 Å². The molecule has 0 unspecified atom stereocenters. The van der Waals surface area contributed by atoms with Gasteiger partial charge in [0.1, 0.15) is 0 Å². The zero-order chi connectivity index (χ0) is 13.2. The molecule has 0 atom stereocenters. The van der Waals surface area contributed by atoms with Crippen LogP contribution in [0.2, 0.25) is 0 Å². The van der Waals surface area contributed by atoms with Crippen molar-refractivity contribution in [3.05, 3.63) is 60.3 Å². The summed E-state index contributed by atoms with van der Waals surface area (Å²) in [6.07, 6.45) is 1.82. The van der Waals surface area contributed by atoms with Crippen molar-refractivity contribution in [2.24, 2.45) is 0 Å². The summed E-state index contributed by atoms with van der Waals surface area (Å²) in [6, 6.07) is 14.7. The van der Waals surface area contributed by atoms with Gasteiger partial charge >= 0.3 is 0 Å². The van der Waals surface area contributed by atoms with Gasteiger partial charge in [0.2, 0.25) is 0 Å². The van der Waals surface area contributed by atoms with E-state index in [2.05, 4.69) is 10.3 Å². The van der Waals surface area contributed by atoms with Crippen LogP contribution in [0.15, 0.2) is 54.7 Å². The van der Waals surface area contributed by atoms with E-state index in [9.17, 15) is 4.79 Å². The Morgan fingerprint density at radius 2 is 1.95 bits per heavy atom. The number of carbonyl (C=O) groups is 1. The first-order chi connectivity index (χ1) is 9.24. The molecule has 0 aliphatic carbocycles. The summed E-state index contributed by atoms with van der Waals surface area (Å²) in [4.78, 5) is 15.3. The number of rotatable bonds is 2. The lowest BCUT2D eigenvalue weighted by molar-refractivity contribution is 0.102. The van der Waals surface area contributed by atoms with Gasteiger partial charge in [-0.05, 0) is 30.3 Å². The maximum Gasteiger partial charge on any atom is 0.257 e. The molecule has 1 aromatic heterocycles. The van der Waals surface area contributed by atoms with Crippen molar-refractivity contribution < 1.29 is 4.79 Å². The normalized spacial score (nSPS) is 10.5. The first-order valence-corrected chi connectivity index (χ1v) is 5.97.